The molecule has 4 saturated carbocycles. The molecule has 2 saturated heterocycles. The first-order valence-electron chi connectivity index (χ1n) is 22.9. The standard InChI is InChI=1S/C47H75N3O6/c1-9-16-33(41(54)39(53)25-31-20-21-31)26-37(51)36-28-47(45(7,8)46(47)22-15-23-46)29-50(36)43(56)34(44(4,5)6)27-38(52)40(32-17-11-10-12-18-32)48-42(55)35-19-13-14-24-49(35)30(2)3/h30-36,40H,9-29H2,1-8H3,(H,48,55)/t33-,34-,35-,36+,40+,47-/m1/s1. The van der Waals surface area contributed by atoms with Crippen LogP contribution in [0.4, 0.5) is 0 Å². The van der Waals surface area contributed by atoms with Gasteiger partial charge in [-0.15, -0.1) is 0 Å². The van der Waals surface area contributed by atoms with Gasteiger partial charge in [-0.2, -0.15) is 0 Å². The van der Waals surface area contributed by atoms with Crippen LogP contribution in [0.3, 0.4) is 0 Å². The molecule has 0 aromatic carbocycles. The first-order valence-corrected chi connectivity index (χ1v) is 22.9. The summed E-state index contributed by atoms with van der Waals surface area (Å²) in [4.78, 5) is 89.3. The van der Waals surface area contributed by atoms with Crippen molar-refractivity contribution in [3.05, 3.63) is 0 Å². The quantitative estimate of drug-likeness (QED) is 0.149. The van der Waals surface area contributed by atoms with Gasteiger partial charge in [0.2, 0.25) is 17.6 Å². The Balaban J connectivity index is 1.26. The molecule has 0 bridgehead atoms. The van der Waals surface area contributed by atoms with E-state index in [9.17, 15) is 24.0 Å². The van der Waals surface area contributed by atoms with Crippen molar-refractivity contribution in [1.82, 2.24) is 15.1 Å². The largest absolute Gasteiger partial charge is 0.345 e. The third-order valence-electron chi connectivity index (χ3n) is 16.4. The maximum absolute atomic E-state index is 15.3. The summed E-state index contributed by atoms with van der Waals surface area (Å²) in [6.07, 6.45) is 15.1. The fraction of sp³-hybridized carbons (Fsp3) is 0.872. The Labute approximate surface area is 338 Å². The highest BCUT2D eigenvalue weighted by molar-refractivity contribution is 6.38. The summed E-state index contributed by atoms with van der Waals surface area (Å²) in [6, 6.07) is -1.36. The number of carbonyl (C=O) groups excluding carboxylic acids is 6. The molecule has 1 N–H and O–H groups in total. The van der Waals surface area contributed by atoms with Crippen molar-refractivity contribution in [3.63, 3.8) is 0 Å². The molecule has 2 spiro atoms. The number of rotatable bonds is 17. The molecule has 6 aliphatic rings. The number of nitrogens with one attached hydrogen (secondary N) is 1. The zero-order chi connectivity index (χ0) is 40.8. The summed E-state index contributed by atoms with van der Waals surface area (Å²) >= 11 is 0. The van der Waals surface area contributed by atoms with E-state index in [1.165, 1.54) is 0 Å². The van der Waals surface area contributed by atoms with Crippen LogP contribution in [0.15, 0.2) is 0 Å². The highest BCUT2D eigenvalue weighted by Crippen LogP contribution is 2.88. The number of hydrogen-bond acceptors (Lipinski definition) is 7. The summed E-state index contributed by atoms with van der Waals surface area (Å²) in [5, 5.41) is 3.29. The van der Waals surface area contributed by atoms with E-state index < -0.39 is 35.1 Å². The third-order valence-corrected chi connectivity index (χ3v) is 16.4. The lowest BCUT2D eigenvalue weighted by Crippen LogP contribution is -2.57. The normalized spacial score (nSPS) is 29.1. The van der Waals surface area contributed by atoms with E-state index in [0.29, 0.717) is 31.7 Å². The van der Waals surface area contributed by atoms with E-state index >= 15 is 4.79 Å². The van der Waals surface area contributed by atoms with Crippen LogP contribution in [0.5, 0.6) is 0 Å². The van der Waals surface area contributed by atoms with Crippen LogP contribution in [0, 0.1) is 45.3 Å². The molecule has 9 nitrogen and oxygen atoms in total. The van der Waals surface area contributed by atoms with Gasteiger partial charge in [0.25, 0.3) is 0 Å². The van der Waals surface area contributed by atoms with Crippen LogP contribution < -0.4 is 5.32 Å². The maximum atomic E-state index is 15.3. The van der Waals surface area contributed by atoms with Gasteiger partial charge in [-0.3, -0.25) is 33.7 Å². The van der Waals surface area contributed by atoms with Gasteiger partial charge in [0.05, 0.1) is 18.1 Å². The van der Waals surface area contributed by atoms with E-state index in [1.54, 1.807) is 0 Å². The van der Waals surface area contributed by atoms with Crippen molar-refractivity contribution in [1.29, 1.82) is 0 Å². The molecule has 2 heterocycles. The lowest BCUT2D eigenvalue weighted by molar-refractivity contribution is -0.147. The average molecular weight is 778 g/mol. The SMILES string of the molecule is CCC[C@H](CC(=O)[C@@H]1C[C@@]2(CN1C(=O)[C@@H](CC(=O)[C@@H](NC(=O)[C@H]1CCCCN1C(C)C)C1CCCCC1)C(C)(C)C)C(C)(C)C21CCC1)C(=O)C(=O)CC1CC1. The molecule has 0 aromatic rings. The predicted octanol–water partition coefficient (Wildman–Crippen LogP) is 8.05. The molecule has 6 fully saturated rings. The lowest BCUT2D eigenvalue weighted by atomic mass is 9.73. The number of fused-ring (bicyclic) bond motifs is 1. The maximum Gasteiger partial charge on any atom is 0.237 e. The van der Waals surface area contributed by atoms with Crippen molar-refractivity contribution < 1.29 is 28.8 Å². The molecule has 6 atom stereocenters. The average Bonchev–Trinajstić information content (AvgIpc) is 3.96. The number of hydrogen-bond donors (Lipinski definition) is 1. The van der Waals surface area contributed by atoms with E-state index in [-0.39, 0.29) is 82.7 Å². The van der Waals surface area contributed by atoms with Crippen molar-refractivity contribution in [2.75, 3.05) is 13.1 Å². The molecule has 2 aliphatic heterocycles. The molecule has 2 amide bonds. The van der Waals surface area contributed by atoms with Crippen LogP contribution in [0.1, 0.15) is 177 Å². The second-order valence-electron chi connectivity index (χ2n) is 21.2. The fourth-order valence-corrected chi connectivity index (χ4v) is 12.4. The second-order valence-corrected chi connectivity index (χ2v) is 21.2. The number of piperidine rings is 1. The smallest absolute Gasteiger partial charge is 0.237 e. The molecule has 9 heteroatoms. The van der Waals surface area contributed by atoms with Gasteiger partial charge < -0.3 is 10.2 Å². The number of nitrogens with zero attached hydrogens (tertiary/aromatic N) is 2. The molecule has 0 unspecified atom stereocenters. The summed E-state index contributed by atoms with van der Waals surface area (Å²) < 4.78 is 0. The highest BCUT2D eigenvalue weighted by atomic mass is 16.2. The van der Waals surface area contributed by atoms with Crippen LogP contribution >= 0.6 is 0 Å². The van der Waals surface area contributed by atoms with E-state index in [1.807, 2.05) is 32.6 Å². The van der Waals surface area contributed by atoms with Crippen molar-refractivity contribution >= 4 is 34.9 Å². The molecule has 4 aliphatic carbocycles. The molecular weight excluding hydrogens is 703 g/mol. The van der Waals surface area contributed by atoms with Crippen molar-refractivity contribution in [2.24, 2.45) is 45.3 Å². The molecular formula is C47H75N3O6. The first kappa shape index (κ1) is 43.2. The van der Waals surface area contributed by atoms with Gasteiger partial charge in [-0.05, 0) is 113 Å². The number of amides is 2. The Kier molecular flexibility index (Phi) is 12.9. The molecule has 56 heavy (non-hydrogen) atoms. The summed E-state index contributed by atoms with van der Waals surface area (Å²) in [6.45, 7) is 18.2. The first-order chi connectivity index (χ1) is 26.4. The minimum absolute atomic E-state index is 0.00784. The van der Waals surface area contributed by atoms with Crippen molar-refractivity contribution in [3.8, 4) is 0 Å². The topological polar surface area (TPSA) is 121 Å². The Bertz CT molecular complexity index is 1510. The number of likely N-dealkylation sites (tertiary alicyclic amines) is 2. The molecule has 314 valence electrons. The summed E-state index contributed by atoms with van der Waals surface area (Å²) in [5.74, 6) is -2.19. The summed E-state index contributed by atoms with van der Waals surface area (Å²) in [7, 11) is 0. The van der Waals surface area contributed by atoms with Crippen LogP contribution in [0.2, 0.25) is 0 Å². The van der Waals surface area contributed by atoms with Gasteiger partial charge in [0.1, 0.15) is 0 Å². The van der Waals surface area contributed by atoms with Crippen LogP contribution in [-0.2, 0) is 28.8 Å². The lowest BCUT2D eigenvalue weighted by Gasteiger charge is -2.40. The Hall–Kier alpha value is -2.42. The van der Waals surface area contributed by atoms with E-state index in [4.69, 9.17) is 0 Å². The third kappa shape index (κ3) is 8.11. The Morgan fingerprint density at radius 2 is 1.46 bits per heavy atom. The molecule has 0 aromatic heterocycles. The predicted molar refractivity (Wildman–Crippen MR) is 219 cm³/mol. The van der Waals surface area contributed by atoms with Gasteiger partial charge >= 0.3 is 0 Å². The number of Topliss-reactive ketones (excluding diaryl/α,β-unsaturated/α-hetero) is 4. The zero-order valence-corrected chi connectivity index (χ0v) is 36.3. The molecule has 0 radical (unpaired) electrons. The zero-order valence-electron chi connectivity index (χ0n) is 36.3. The number of carbonyl (C=O) groups is 6. The highest BCUT2D eigenvalue weighted by Gasteiger charge is 2.85. The minimum atomic E-state index is -0.686. The summed E-state index contributed by atoms with van der Waals surface area (Å²) in [5.41, 5.74) is -0.707. The van der Waals surface area contributed by atoms with Gasteiger partial charge in [-0.25, -0.2) is 0 Å². The second kappa shape index (κ2) is 16.7. The van der Waals surface area contributed by atoms with Gasteiger partial charge in [0.15, 0.2) is 17.3 Å². The Morgan fingerprint density at radius 3 is 2.02 bits per heavy atom. The van der Waals surface area contributed by atoms with E-state index in [0.717, 1.165) is 90.0 Å². The number of ketones is 4. The van der Waals surface area contributed by atoms with Crippen LogP contribution in [-0.4, -0.2) is 82.0 Å². The fourth-order valence-electron chi connectivity index (χ4n) is 12.4. The van der Waals surface area contributed by atoms with E-state index in [2.05, 4.69) is 37.9 Å². The van der Waals surface area contributed by atoms with Gasteiger partial charge in [0, 0.05) is 49.1 Å². The Morgan fingerprint density at radius 1 is 0.804 bits per heavy atom. The molecule has 6 rings (SSSR count). The minimum Gasteiger partial charge on any atom is -0.345 e. The monoisotopic (exact) mass is 778 g/mol. The van der Waals surface area contributed by atoms with Crippen LogP contribution in [0.25, 0.3) is 0 Å². The van der Waals surface area contributed by atoms with Crippen molar-refractivity contribution in [2.45, 2.75) is 202 Å². The van der Waals surface area contributed by atoms with Gasteiger partial charge in [-0.1, -0.05) is 80.1 Å².